The number of carbonyl (C=O) groups is 2. The zero-order valence-electron chi connectivity index (χ0n) is 16.7. The van der Waals surface area contributed by atoms with Crippen molar-refractivity contribution in [2.24, 2.45) is 5.92 Å². The largest absolute Gasteiger partial charge is 0.375 e. The number of aromatic amines is 1. The van der Waals surface area contributed by atoms with E-state index in [2.05, 4.69) is 4.98 Å². The van der Waals surface area contributed by atoms with Crippen molar-refractivity contribution >= 4 is 22.7 Å². The van der Waals surface area contributed by atoms with Gasteiger partial charge < -0.3 is 19.5 Å². The molecule has 0 aliphatic carbocycles. The first-order valence-corrected chi connectivity index (χ1v) is 10.2. The van der Waals surface area contributed by atoms with Crippen LogP contribution < -0.4 is 0 Å². The van der Waals surface area contributed by atoms with Gasteiger partial charge in [0.15, 0.2) is 0 Å². The molecule has 0 saturated carbocycles. The van der Waals surface area contributed by atoms with Crippen molar-refractivity contribution in [2.45, 2.75) is 37.7 Å². The van der Waals surface area contributed by atoms with Crippen molar-refractivity contribution < 1.29 is 14.3 Å². The fraction of sp³-hybridized carbons (Fsp3) is 0.545. The highest BCUT2D eigenvalue weighted by Gasteiger charge is 2.41. The SMILES string of the molecule is CN(C)C(=O)CC1CCOC2(CCN(C(=O)c3ccc4cc[nH]c4c3)CC2)C1. The number of nitrogens with zero attached hydrogens (tertiary/aromatic N) is 2. The number of fused-ring (bicyclic) bond motifs is 1. The van der Waals surface area contributed by atoms with Crippen LogP contribution >= 0.6 is 0 Å². The number of piperidine rings is 1. The van der Waals surface area contributed by atoms with E-state index in [4.69, 9.17) is 4.74 Å². The van der Waals surface area contributed by atoms with Crippen molar-refractivity contribution in [1.29, 1.82) is 0 Å². The average Bonchev–Trinajstić information content (AvgIpc) is 3.16. The molecule has 28 heavy (non-hydrogen) atoms. The number of ether oxygens (including phenoxy) is 1. The lowest BCUT2D eigenvalue weighted by molar-refractivity contribution is -0.139. The number of aromatic nitrogens is 1. The molecule has 1 atom stereocenters. The lowest BCUT2D eigenvalue weighted by Crippen LogP contribution is -2.51. The Labute approximate surface area is 165 Å². The molecular weight excluding hydrogens is 354 g/mol. The summed E-state index contributed by atoms with van der Waals surface area (Å²) in [5, 5.41) is 1.11. The highest BCUT2D eigenvalue weighted by atomic mass is 16.5. The summed E-state index contributed by atoms with van der Waals surface area (Å²) < 4.78 is 6.19. The van der Waals surface area contributed by atoms with Crippen LogP contribution in [-0.2, 0) is 9.53 Å². The van der Waals surface area contributed by atoms with Gasteiger partial charge in [0.25, 0.3) is 5.91 Å². The number of likely N-dealkylation sites (tertiary alicyclic amines) is 1. The molecule has 2 amide bonds. The molecule has 0 radical (unpaired) electrons. The first kappa shape index (κ1) is 19.0. The standard InChI is InChI=1S/C22H29N3O3/c1-24(2)20(26)13-16-6-12-28-22(15-16)7-10-25(11-8-22)21(27)18-4-3-17-5-9-23-19(17)14-18/h3-5,9,14,16,23H,6-8,10-13,15H2,1-2H3. The Balaban J connectivity index is 1.38. The Morgan fingerprint density at radius 1 is 1.25 bits per heavy atom. The second-order valence-electron chi connectivity index (χ2n) is 8.45. The van der Waals surface area contributed by atoms with Gasteiger partial charge in [-0.05, 0) is 55.2 Å². The third-order valence-corrected chi connectivity index (χ3v) is 6.32. The van der Waals surface area contributed by atoms with E-state index >= 15 is 0 Å². The van der Waals surface area contributed by atoms with Gasteiger partial charge in [-0.3, -0.25) is 9.59 Å². The van der Waals surface area contributed by atoms with Gasteiger partial charge in [-0.15, -0.1) is 0 Å². The van der Waals surface area contributed by atoms with Gasteiger partial charge >= 0.3 is 0 Å². The molecule has 1 unspecified atom stereocenters. The van der Waals surface area contributed by atoms with Crippen molar-refractivity contribution in [3.63, 3.8) is 0 Å². The smallest absolute Gasteiger partial charge is 0.253 e. The van der Waals surface area contributed by atoms with E-state index in [1.165, 1.54) is 0 Å². The van der Waals surface area contributed by atoms with Crippen LogP contribution in [0.15, 0.2) is 30.5 Å². The van der Waals surface area contributed by atoms with Crippen molar-refractivity contribution in [1.82, 2.24) is 14.8 Å². The highest BCUT2D eigenvalue weighted by Crippen LogP contribution is 2.39. The minimum Gasteiger partial charge on any atom is -0.375 e. The van der Waals surface area contributed by atoms with Gasteiger partial charge in [-0.25, -0.2) is 0 Å². The normalized spacial score (nSPS) is 21.8. The lowest BCUT2D eigenvalue weighted by atomic mass is 9.78. The number of amides is 2. The summed E-state index contributed by atoms with van der Waals surface area (Å²) in [7, 11) is 3.62. The molecule has 2 fully saturated rings. The number of carbonyl (C=O) groups excluding carboxylic acids is 2. The predicted octanol–water partition coefficient (Wildman–Crippen LogP) is 3.05. The van der Waals surface area contributed by atoms with Gasteiger partial charge in [-0.2, -0.15) is 0 Å². The van der Waals surface area contributed by atoms with Crippen LogP contribution in [0.2, 0.25) is 0 Å². The first-order valence-electron chi connectivity index (χ1n) is 10.2. The molecule has 1 N–H and O–H groups in total. The molecule has 2 aliphatic heterocycles. The van der Waals surface area contributed by atoms with E-state index in [9.17, 15) is 9.59 Å². The molecule has 6 nitrogen and oxygen atoms in total. The minimum absolute atomic E-state index is 0.0847. The molecule has 0 bridgehead atoms. The summed E-state index contributed by atoms with van der Waals surface area (Å²) in [5.74, 6) is 0.650. The second-order valence-corrected chi connectivity index (χ2v) is 8.45. The van der Waals surface area contributed by atoms with Crippen LogP contribution in [-0.4, -0.2) is 66.0 Å². The van der Waals surface area contributed by atoms with E-state index in [0.29, 0.717) is 32.0 Å². The van der Waals surface area contributed by atoms with Gasteiger partial charge in [-0.1, -0.05) is 6.07 Å². The average molecular weight is 383 g/mol. The molecule has 1 spiro atoms. The summed E-state index contributed by atoms with van der Waals surface area (Å²) in [6, 6.07) is 7.83. The third-order valence-electron chi connectivity index (χ3n) is 6.32. The maximum absolute atomic E-state index is 12.9. The van der Waals surface area contributed by atoms with Crippen LogP contribution in [0.5, 0.6) is 0 Å². The van der Waals surface area contributed by atoms with Crippen LogP contribution in [0.4, 0.5) is 0 Å². The molecule has 1 aromatic heterocycles. The first-order chi connectivity index (χ1) is 13.5. The van der Waals surface area contributed by atoms with Crippen molar-refractivity contribution in [2.75, 3.05) is 33.8 Å². The number of hydrogen-bond donors (Lipinski definition) is 1. The van der Waals surface area contributed by atoms with Crippen LogP contribution in [0.1, 0.15) is 42.5 Å². The Hall–Kier alpha value is -2.34. The van der Waals surface area contributed by atoms with E-state index in [1.54, 1.807) is 4.90 Å². The summed E-state index contributed by atoms with van der Waals surface area (Å²) >= 11 is 0. The Kier molecular flexibility index (Phi) is 5.15. The lowest BCUT2D eigenvalue weighted by Gasteiger charge is -2.46. The summed E-state index contributed by atoms with van der Waals surface area (Å²) in [6.45, 7) is 2.12. The molecule has 3 heterocycles. The Morgan fingerprint density at radius 3 is 2.79 bits per heavy atom. The number of nitrogens with one attached hydrogen (secondary N) is 1. The molecule has 2 saturated heterocycles. The number of benzene rings is 1. The maximum Gasteiger partial charge on any atom is 0.253 e. The van der Waals surface area contributed by atoms with E-state index in [-0.39, 0.29) is 17.4 Å². The minimum atomic E-state index is -0.171. The monoisotopic (exact) mass is 383 g/mol. The zero-order valence-corrected chi connectivity index (χ0v) is 16.7. The summed E-state index contributed by atoms with van der Waals surface area (Å²) in [6.07, 6.45) is 6.04. The van der Waals surface area contributed by atoms with E-state index in [1.807, 2.05) is 49.5 Å². The van der Waals surface area contributed by atoms with Crippen LogP contribution in [0.3, 0.4) is 0 Å². The number of hydrogen-bond acceptors (Lipinski definition) is 3. The number of rotatable bonds is 3. The molecule has 4 rings (SSSR count). The third kappa shape index (κ3) is 3.78. The summed E-state index contributed by atoms with van der Waals surface area (Å²) in [4.78, 5) is 31.8. The van der Waals surface area contributed by atoms with Gasteiger partial charge in [0.05, 0.1) is 5.60 Å². The fourth-order valence-electron chi connectivity index (χ4n) is 4.56. The van der Waals surface area contributed by atoms with Gasteiger partial charge in [0.1, 0.15) is 0 Å². The maximum atomic E-state index is 12.9. The second kappa shape index (κ2) is 7.59. The Bertz CT molecular complexity index is 865. The number of H-pyrrole nitrogens is 1. The molecule has 150 valence electrons. The topological polar surface area (TPSA) is 65.6 Å². The molecule has 6 heteroatoms. The van der Waals surface area contributed by atoms with Crippen molar-refractivity contribution in [3.8, 4) is 0 Å². The molecular formula is C22H29N3O3. The van der Waals surface area contributed by atoms with Crippen molar-refractivity contribution in [3.05, 3.63) is 36.0 Å². The van der Waals surface area contributed by atoms with E-state index < -0.39 is 0 Å². The Morgan fingerprint density at radius 2 is 2.04 bits per heavy atom. The molecule has 2 aromatic rings. The molecule has 2 aliphatic rings. The quantitative estimate of drug-likeness (QED) is 0.886. The summed E-state index contributed by atoms with van der Waals surface area (Å²) in [5.41, 5.74) is 1.55. The fourth-order valence-corrected chi connectivity index (χ4v) is 4.56. The zero-order chi connectivity index (χ0) is 19.7. The van der Waals surface area contributed by atoms with E-state index in [0.717, 1.165) is 42.1 Å². The van der Waals surface area contributed by atoms with Gasteiger partial charge in [0.2, 0.25) is 5.91 Å². The predicted molar refractivity (Wildman–Crippen MR) is 108 cm³/mol. The highest BCUT2D eigenvalue weighted by molar-refractivity contribution is 5.98. The van der Waals surface area contributed by atoms with Crippen LogP contribution in [0, 0.1) is 5.92 Å². The van der Waals surface area contributed by atoms with Crippen LogP contribution in [0.25, 0.3) is 10.9 Å². The molecule has 1 aromatic carbocycles. The van der Waals surface area contributed by atoms with Gasteiger partial charge in [0, 0.05) is 57.5 Å².